The van der Waals surface area contributed by atoms with E-state index in [1.165, 1.54) is 22.4 Å². The van der Waals surface area contributed by atoms with E-state index in [0.29, 0.717) is 11.8 Å². The summed E-state index contributed by atoms with van der Waals surface area (Å²) in [4.78, 5) is 0. The zero-order valence-corrected chi connectivity index (χ0v) is 14.1. The Bertz CT molecular complexity index is 783. The molecule has 0 saturated carbocycles. The average molecular weight is 326 g/mol. The summed E-state index contributed by atoms with van der Waals surface area (Å²) in [6.45, 7) is 2.12. The van der Waals surface area contributed by atoms with Crippen LogP contribution in [0.25, 0.3) is 0 Å². The third-order valence-corrected chi connectivity index (χ3v) is 5.30. The Morgan fingerprint density at radius 1 is 1.22 bits per heavy atom. The Kier molecular flexibility index (Phi) is 3.57. The van der Waals surface area contributed by atoms with Crippen LogP contribution in [0.4, 0.5) is 5.69 Å². The summed E-state index contributed by atoms with van der Waals surface area (Å²) in [5, 5.41) is 4.60. The Labute approximate surface area is 142 Å². The van der Waals surface area contributed by atoms with Gasteiger partial charge in [-0.3, -0.25) is 0 Å². The minimum absolute atomic E-state index is 0.289. The molecule has 0 fully saturated rings. The Morgan fingerprint density at radius 2 is 2.09 bits per heavy atom. The minimum Gasteiger partial charge on any atom is -0.497 e. The van der Waals surface area contributed by atoms with Crippen LogP contribution < -0.4 is 10.1 Å². The van der Waals surface area contributed by atoms with Crippen LogP contribution in [-0.4, -0.2) is 7.11 Å². The fourth-order valence-corrected chi connectivity index (χ4v) is 4.29. The van der Waals surface area contributed by atoms with Crippen LogP contribution in [-0.2, 0) is 0 Å². The molecule has 2 aromatic rings. The number of anilines is 1. The van der Waals surface area contributed by atoms with Gasteiger partial charge in [-0.15, -0.1) is 0 Å². The number of halogens is 1. The molecule has 3 heteroatoms. The number of aryl methyl sites for hydroxylation is 1. The molecule has 23 heavy (non-hydrogen) atoms. The fourth-order valence-electron chi connectivity index (χ4n) is 4.01. The highest BCUT2D eigenvalue weighted by Crippen LogP contribution is 2.51. The van der Waals surface area contributed by atoms with E-state index in [0.717, 1.165) is 17.2 Å². The lowest BCUT2D eigenvalue weighted by atomic mass is 9.76. The quantitative estimate of drug-likeness (QED) is 0.738. The van der Waals surface area contributed by atoms with E-state index in [4.69, 9.17) is 16.3 Å². The third-order valence-electron chi connectivity index (χ3n) is 5.08. The number of rotatable bonds is 2. The number of fused-ring (bicyclic) bond motifs is 3. The summed E-state index contributed by atoms with van der Waals surface area (Å²) >= 11 is 6.30. The summed E-state index contributed by atoms with van der Waals surface area (Å²) in [5.74, 6) is 1.86. The van der Waals surface area contributed by atoms with Crippen molar-refractivity contribution in [2.75, 3.05) is 12.4 Å². The Morgan fingerprint density at radius 3 is 2.91 bits per heavy atom. The smallest absolute Gasteiger partial charge is 0.119 e. The van der Waals surface area contributed by atoms with E-state index >= 15 is 0 Å². The van der Waals surface area contributed by atoms with E-state index < -0.39 is 0 Å². The molecular formula is C20H20ClNO. The first-order chi connectivity index (χ1) is 11.2. The van der Waals surface area contributed by atoms with Gasteiger partial charge in [0, 0.05) is 16.6 Å². The highest BCUT2D eigenvalue weighted by Gasteiger charge is 2.38. The number of hydrogen-bond donors (Lipinski definition) is 1. The minimum atomic E-state index is 0.289. The topological polar surface area (TPSA) is 21.3 Å². The molecule has 1 aliphatic carbocycles. The van der Waals surface area contributed by atoms with Crippen LogP contribution in [0.5, 0.6) is 5.75 Å². The first-order valence-electron chi connectivity index (χ1n) is 8.04. The Hall–Kier alpha value is -1.93. The third kappa shape index (κ3) is 2.42. The normalized spacial score (nSPS) is 24.7. The molecule has 1 aliphatic heterocycles. The maximum Gasteiger partial charge on any atom is 0.119 e. The second-order valence-electron chi connectivity index (χ2n) is 6.44. The number of hydrogen-bond acceptors (Lipinski definition) is 2. The van der Waals surface area contributed by atoms with Gasteiger partial charge in [-0.2, -0.15) is 0 Å². The first kappa shape index (κ1) is 14.6. The molecule has 2 aromatic carbocycles. The van der Waals surface area contributed by atoms with Crippen LogP contribution in [0.2, 0.25) is 5.02 Å². The van der Waals surface area contributed by atoms with Gasteiger partial charge in [-0.1, -0.05) is 35.9 Å². The van der Waals surface area contributed by atoms with Gasteiger partial charge in [-0.25, -0.2) is 0 Å². The maximum atomic E-state index is 6.30. The second kappa shape index (κ2) is 5.61. The molecule has 0 amide bonds. The van der Waals surface area contributed by atoms with E-state index in [1.54, 1.807) is 7.11 Å². The van der Waals surface area contributed by atoms with Crippen LogP contribution in [0.3, 0.4) is 0 Å². The van der Waals surface area contributed by atoms with Crippen molar-refractivity contribution in [2.45, 2.75) is 25.3 Å². The van der Waals surface area contributed by atoms with Crippen LogP contribution >= 0.6 is 11.6 Å². The molecule has 3 atom stereocenters. The van der Waals surface area contributed by atoms with Crippen LogP contribution in [0.15, 0.2) is 48.6 Å². The predicted octanol–water partition coefficient (Wildman–Crippen LogP) is 5.48. The average Bonchev–Trinajstić information content (AvgIpc) is 3.04. The van der Waals surface area contributed by atoms with Gasteiger partial charge in [0.05, 0.1) is 13.2 Å². The molecule has 0 unspecified atom stereocenters. The lowest BCUT2D eigenvalue weighted by Gasteiger charge is -2.38. The largest absolute Gasteiger partial charge is 0.497 e. The lowest BCUT2D eigenvalue weighted by molar-refractivity contribution is 0.406. The molecule has 2 aliphatic rings. The summed E-state index contributed by atoms with van der Waals surface area (Å²) < 4.78 is 5.41. The van der Waals surface area contributed by atoms with Gasteiger partial charge in [-0.05, 0) is 60.2 Å². The van der Waals surface area contributed by atoms with Crippen LogP contribution in [0.1, 0.15) is 35.1 Å². The molecule has 0 bridgehead atoms. The number of nitrogens with one attached hydrogen (secondary N) is 1. The van der Waals surface area contributed by atoms with E-state index in [2.05, 4.69) is 48.7 Å². The second-order valence-corrected chi connectivity index (χ2v) is 6.88. The van der Waals surface area contributed by atoms with E-state index in [1.807, 2.05) is 12.1 Å². The predicted molar refractivity (Wildman–Crippen MR) is 95.5 cm³/mol. The molecule has 4 rings (SSSR count). The van der Waals surface area contributed by atoms with Crippen molar-refractivity contribution in [2.24, 2.45) is 5.92 Å². The highest BCUT2D eigenvalue weighted by atomic mass is 35.5. The molecule has 2 nitrogen and oxygen atoms in total. The van der Waals surface area contributed by atoms with Crippen molar-refractivity contribution in [3.05, 3.63) is 70.3 Å². The summed E-state index contributed by atoms with van der Waals surface area (Å²) in [5.41, 5.74) is 5.05. The Balaban J connectivity index is 1.81. The standard InChI is InChI=1S/C20H20ClNO/c1-12-9-14(21)11-18-16-7-4-8-17(16)20(22-19(12)18)13-5-3-6-15(10-13)23-2/h3-7,9-11,16-17,20,22H,8H2,1-2H3/t16-,17+,20-/m0/s1. The number of ether oxygens (including phenoxy) is 1. The van der Waals surface area contributed by atoms with Gasteiger partial charge in [0.1, 0.15) is 5.75 Å². The number of benzene rings is 2. The van der Waals surface area contributed by atoms with Crippen LogP contribution in [0, 0.1) is 12.8 Å². The molecule has 1 N–H and O–H groups in total. The van der Waals surface area contributed by atoms with Crippen molar-refractivity contribution in [3.63, 3.8) is 0 Å². The number of allylic oxidation sites excluding steroid dienone is 2. The van der Waals surface area contributed by atoms with Crippen molar-refractivity contribution >= 4 is 17.3 Å². The molecule has 0 radical (unpaired) electrons. The molecule has 1 heterocycles. The fraction of sp³-hybridized carbons (Fsp3) is 0.300. The maximum absolute atomic E-state index is 6.30. The first-order valence-corrected chi connectivity index (χ1v) is 8.42. The van der Waals surface area contributed by atoms with Gasteiger partial charge >= 0.3 is 0 Å². The molecule has 0 aromatic heterocycles. The molecule has 0 spiro atoms. The van der Waals surface area contributed by atoms with Gasteiger partial charge in [0.15, 0.2) is 0 Å². The SMILES string of the molecule is COc1cccc([C@@H]2Nc3c(C)cc(Cl)cc3[C@H]3C=CC[C@H]32)c1. The van der Waals surface area contributed by atoms with Crippen molar-refractivity contribution in [3.8, 4) is 5.75 Å². The van der Waals surface area contributed by atoms with Crippen molar-refractivity contribution in [1.82, 2.24) is 0 Å². The highest BCUT2D eigenvalue weighted by molar-refractivity contribution is 6.30. The zero-order chi connectivity index (χ0) is 16.0. The van der Waals surface area contributed by atoms with E-state index in [-0.39, 0.29) is 6.04 Å². The monoisotopic (exact) mass is 325 g/mol. The van der Waals surface area contributed by atoms with Crippen molar-refractivity contribution in [1.29, 1.82) is 0 Å². The summed E-state index contributed by atoms with van der Waals surface area (Å²) in [6.07, 6.45) is 5.73. The van der Waals surface area contributed by atoms with Crippen molar-refractivity contribution < 1.29 is 4.74 Å². The number of methoxy groups -OCH3 is 1. The molecule has 118 valence electrons. The molecular weight excluding hydrogens is 306 g/mol. The van der Waals surface area contributed by atoms with Gasteiger partial charge < -0.3 is 10.1 Å². The summed E-state index contributed by atoms with van der Waals surface area (Å²) in [7, 11) is 1.72. The van der Waals surface area contributed by atoms with Gasteiger partial charge in [0.25, 0.3) is 0 Å². The molecule has 0 saturated heterocycles. The van der Waals surface area contributed by atoms with E-state index in [9.17, 15) is 0 Å². The zero-order valence-electron chi connectivity index (χ0n) is 13.3. The van der Waals surface area contributed by atoms with Gasteiger partial charge in [0.2, 0.25) is 0 Å². The summed E-state index contributed by atoms with van der Waals surface area (Å²) in [6, 6.07) is 12.8. The lowest BCUT2D eigenvalue weighted by Crippen LogP contribution is -2.29.